The summed E-state index contributed by atoms with van der Waals surface area (Å²) in [5, 5.41) is 20.0. The van der Waals surface area contributed by atoms with Crippen molar-refractivity contribution in [1.29, 1.82) is 0 Å². The smallest absolute Gasteiger partial charge is 0.163 e. The van der Waals surface area contributed by atoms with Crippen LogP contribution in [-0.2, 0) is 0 Å². The van der Waals surface area contributed by atoms with Crippen LogP contribution in [0.4, 0.5) is 5.69 Å². The standard InChI is InChI=1S/C23H30N2O4/c1-16-4-5-19(12-17(16)2)25-10-8-24(9-11-25)14-21(28)15-29-23-13-20(27)6-7-22(23)18(3)26/h4-7,12-13,21,27-28H,8-11,14-15H2,1-3H3. The molecule has 0 bridgehead atoms. The van der Waals surface area contributed by atoms with Crippen LogP contribution >= 0.6 is 0 Å². The van der Waals surface area contributed by atoms with E-state index in [1.54, 1.807) is 0 Å². The van der Waals surface area contributed by atoms with Crippen LogP contribution in [0.2, 0.25) is 0 Å². The van der Waals surface area contributed by atoms with E-state index in [0.29, 0.717) is 17.9 Å². The molecular formula is C23H30N2O4. The van der Waals surface area contributed by atoms with Crippen molar-refractivity contribution in [2.24, 2.45) is 0 Å². The number of anilines is 1. The van der Waals surface area contributed by atoms with E-state index < -0.39 is 6.10 Å². The normalized spacial score (nSPS) is 15.9. The summed E-state index contributed by atoms with van der Waals surface area (Å²) in [5.41, 5.74) is 4.25. The number of ketones is 1. The molecular weight excluding hydrogens is 368 g/mol. The average molecular weight is 399 g/mol. The Labute approximate surface area is 172 Å². The Balaban J connectivity index is 1.49. The van der Waals surface area contributed by atoms with Gasteiger partial charge < -0.3 is 19.8 Å². The summed E-state index contributed by atoms with van der Waals surface area (Å²) in [6.45, 7) is 9.85. The summed E-state index contributed by atoms with van der Waals surface area (Å²) in [7, 11) is 0. The van der Waals surface area contributed by atoms with E-state index in [4.69, 9.17) is 4.74 Å². The van der Waals surface area contributed by atoms with Gasteiger partial charge in [-0.2, -0.15) is 0 Å². The number of aryl methyl sites for hydroxylation is 2. The minimum Gasteiger partial charge on any atom is -0.508 e. The lowest BCUT2D eigenvalue weighted by Crippen LogP contribution is -2.49. The van der Waals surface area contributed by atoms with E-state index in [-0.39, 0.29) is 18.1 Å². The van der Waals surface area contributed by atoms with Gasteiger partial charge in [0.25, 0.3) is 0 Å². The van der Waals surface area contributed by atoms with Crippen molar-refractivity contribution < 1.29 is 19.7 Å². The zero-order chi connectivity index (χ0) is 21.0. The highest BCUT2D eigenvalue weighted by molar-refractivity contribution is 5.97. The third-order valence-electron chi connectivity index (χ3n) is 5.47. The topological polar surface area (TPSA) is 73.2 Å². The van der Waals surface area contributed by atoms with Crippen molar-refractivity contribution in [3.63, 3.8) is 0 Å². The van der Waals surface area contributed by atoms with E-state index in [1.807, 2.05) is 0 Å². The second-order valence-corrected chi connectivity index (χ2v) is 7.76. The van der Waals surface area contributed by atoms with Gasteiger partial charge in [-0.1, -0.05) is 6.07 Å². The number of aliphatic hydroxyl groups is 1. The van der Waals surface area contributed by atoms with Crippen LogP contribution in [-0.4, -0.2) is 66.3 Å². The van der Waals surface area contributed by atoms with Crippen LogP contribution in [0.15, 0.2) is 36.4 Å². The van der Waals surface area contributed by atoms with Crippen molar-refractivity contribution in [1.82, 2.24) is 4.90 Å². The Kier molecular flexibility index (Phi) is 6.77. The maximum atomic E-state index is 11.7. The highest BCUT2D eigenvalue weighted by atomic mass is 16.5. The Morgan fingerprint density at radius 2 is 1.79 bits per heavy atom. The van der Waals surface area contributed by atoms with Gasteiger partial charge in [-0.15, -0.1) is 0 Å². The van der Waals surface area contributed by atoms with Gasteiger partial charge >= 0.3 is 0 Å². The molecule has 2 aromatic carbocycles. The highest BCUT2D eigenvalue weighted by Crippen LogP contribution is 2.25. The van der Waals surface area contributed by atoms with Gasteiger partial charge in [-0.05, 0) is 56.2 Å². The molecule has 6 heteroatoms. The lowest BCUT2D eigenvalue weighted by molar-refractivity contribution is 0.0655. The fraction of sp³-hybridized carbons (Fsp3) is 0.435. The molecule has 1 aliphatic heterocycles. The number of Topliss-reactive ketones (excluding diaryl/α,β-unsaturated/α-hetero) is 1. The maximum Gasteiger partial charge on any atom is 0.163 e. The third kappa shape index (κ3) is 5.49. The Hall–Kier alpha value is -2.57. The molecule has 2 aromatic rings. The van der Waals surface area contributed by atoms with Gasteiger partial charge in [-0.25, -0.2) is 0 Å². The van der Waals surface area contributed by atoms with Crippen molar-refractivity contribution in [3.8, 4) is 11.5 Å². The van der Waals surface area contributed by atoms with Gasteiger partial charge in [0.05, 0.1) is 5.56 Å². The first kappa shape index (κ1) is 21.1. The molecule has 1 fully saturated rings. The summed E-state index contributed by atoms with van der Waals surface area (Å²) >= 11 is 0. The first-order valence-electron chi connectivity index (χ1n) is 10.0. The molecule has 1 atom stereocenters. The summed E-state index contributed by atoms with van der Waals surface area (Å²) in [5.74, 6) is 0.190. The molecule has 2 N–H and O–H groups in total. The lowest BCUT2D eigenvalue weighted by Gasteiger charge is -2.37. The monoisotopic (exact) mass is 398 g/mol. The minimum absolute atomic E-state index is 0.0296. The van der Waals surface area contributed by atoms with Gasteiger partial charge in [-0.3, -0.25) is 9.69 Å². The molecule has 156 valence electrons. The number of phenols is 1. The number of benzene rings is 2. The number of ether oxygens (including phenoxy) is 1. The Morgan fingerprint density at radius 3 is 2.45 bits per heavy atom. The number of piperazine rings is 1. The predicted octanol–water partition coefficient (Wildman–Crippen LogP) is 2.77. The van der Waals surface area contributed by atoms with Crippen molar-refractivity contribution in [3.05, 3.63) is 53.1 Å². The molecule has 1 unspecified atom stereocenters. The van der Waals surface area contributed by atoms with Crippen molar-refractivity contribution in [2.75, 3.05) is 44.2 Å². The second-order valence-electron chi connectivity index (χ2n) is 7.76. The molecule has 1 heterocycles. The van der Waals surface area contributed by atoms with Gasteiger partial charge in [0.2, 0.25) is 0 Å². The quantitative estimate of drug-likeness (QED) is 0.699. The van der Waals surface area contributed by atoms with Crippen LogP contribution in [0.25, 0.3) is 0 Å². The van der Waals surface area contributed by atoms with Crippen LogP contribution in [0.3, 0.4) is 0 Å². The first-order chi connectivity index (χ1) is 13.8. The average Bonchev–Trinajstić information content (AvgIpc) is 2.69. The maximum absolute atomic E-state index is 11.7. The molecule has 0 radical (unpaired) electrons. The summed E-state index contributed by atoms with van der Waals surface area (Å²) < 4.78 is 5.63. The fourth-order valence-electron chi connectivity index (χ4n) is 3.57. The number of hydrogen-bond acceptors (Lipinski definition) is 6. The Bertz CT molecular complexity index is 860. The Morgan fingerprint density at radius 1 is 1.07 bits per heavy atom. The zero-order valence-corrected chi connectivity index (χ0v) is 17.4. The van der Waals surface area contributed by atoms with E-state index >= 15 is 0 Å². The second kappa shape index (κ2) is 9.29. The predicted molar refractivity (Wildman–Crippen MR) is 114 cm³/mol. The van der Waals surface area contributed by atoms with Gasteiger partial charge in [0.15, 0.2) is 5.78 Å². The molecule has 0 aromatic heterocycles. The number of phenolic OH excluding ortho intramolecular Hbond substituents is 1. The molecule has 0 aliphatic carbocycles. The fourth-order valence-corrected chi connectivity index (χ4v) is 3.57. The lowest BCUT2D eigenvalue weighted by atomic mass is 10.1. The SMILES string of the molecule is CC(=O)c1ccc(O)cc1OCC(O)CN1CCN(c2ccc(C)c(C)c2)CC1. The number of carbonyl (C=O) groups excluding carboxylic acids is 1. The van der Waals surface area contributed by atoms with E-state index in [0.717, 1.165) is 26.2 Å². The molecule has 29 heavy (non-hydrogen) atoms. The summed E-state index contributed by atoms with van der Waals surface area (Å²) in [4.78, 5) is 16.3. The number of nitrogens with zero attached hydrogens (tertiary/aromatic N) is 2. The number of rotatable bonds is 7. The molecule has 6 nitrogen and oxygen atoms in total. The van der Waals surface area contributed by atoms with Crippen molar-refractivity contribution in [2.45, 2.75) is 26.9 Å². The van der Waals surface area contributed by atoms with Gasteiger partial charge in [0, 0.05) is 44.5 Å². The number of aromatic hydroxyl groups is 1. The molecule has 1 saturated heterocycles. The first-order valence-corrected chi connectivity index (χ1v) is 10.0. The molecule has 0 saturated carbocycles. The van der Waals surface area contributed by atoms with Gasteiger partial charge in [0.1, 0.15) is 24.2 Å². The highest BCUT2D eigenvalue weighted by Gasteiger charge is 2.20. The largest absolute Gasteiger partial charge is 0.508 e. The number of hydrogen-bond donors (Lipinski definition) is 2. The van der Waals surface area contributed by atoms with Crippen LogP contribution in [0.5, 0.6) is 11.5 Å². The molecule has 0 spiro atoms. The van der Waals surface area contributed by atoms with E-state index in [1.165, 1.54) is 41.9 Å². The molecule has 0 amide bonds. The minimum atomic E-state index is -0.676. The van der Waals surface area contributed by atoms with Crippen LogP contribution in [0.1, 0.15) is 28.4 Å². The number of carbonyl (C=O) groups is 1. The van der Waals surface area contributed by atoms with Crippen molar-refractivity contribution >= 4 is 11.5 Å². The number of aliphatic hydroxyl groups excluding tert-OH is 1. The van der Waals surface area contributed by atoms with E-state index in [9.17, 15) is 15.0 Å². The molecule has 3 rings (SSSR count). The van der Waals surface area contributed by atoms with Crippen LogP contribution in [0, 0.1) is 13.8 Å². The number of β-amino-alcohol motifs (C(OH)–C–C–N with tert-alkyl or cyclic N) is 1. The zero-order valence-electron chi connectivity index (χ0n) is 17.4. The third-order valence-corrected chi connectivity index (χ3v) is 5.47. The summed E-state index contributed by atoms with van der Waals surface area (Å²) in [6.07, 6.45) is -0.676. The van der Waals surface area contributed by atoms with E-state index in [2.05, 4.69) is 41.8 Å². The van der Waals surface area contributed by atoms with Crippen LogP contribution < -0.4 is 9.64 Å². The molecule has 1 aliphatic rings. The summed E-state index contributed by atoms with van der Waals surface area (Å²) in [6, 6.07) is 11.0.